The van der Waals surface area contributed by atoms with Gasteiger partial charge < -0.3 is 14.2 Å². The van der Waals surface area contributed by atoms with Gasteiger partial charge in [0.05, 0.1) is 19.8 Å². The first-order chi connectivity index (χ1) is 11.8. The van der Waals surface area contributed by atoms with Gasteiger partial charge in [-0.2, -0.15) is 0 Å². The molecule has 132 valence electrons. The number of carbonyl (C=O) groups is 2. The monoisotopic (exact) mass is 354 g/mol. The van der Waals surface area contributed by atoms with E-state index in [1.165, 1.54) is 25.3 Å². The molecule has 0 fully saturated rings. The Labute approximate surface area is 140 Å². The topological polar surface area (TPSA) is 61.8 Å². The molecule has 0 heterocycles. The van der Waals surface area contributed by atoms with Crippen molar-refractivity contribution in [1.29, 1.82) is 0 Å². The van der Waals surface area contributed by atoms with Crippen LogP contribution in [-0.4, -0.2) is 32.8 Å². The molecule has 0 N–H and O–H groups in total. The molecule has 0 aliphatic carbocycles. The maximum atomic E-state index is 12.5. The van der Waals surface area contributed by atoms with Crippen LogP contribution < -0.4 is 9.47 Å². The first kappa shape index (κ1) is 18.3. The second kappa shape index (κ2) is 7.25. The van der Waals surface area contributed by atoms with E-state index in [-0.39, 0.29) is 11.3 Å². The van der Waals surface area contributed by atoms with Crippen molar-refractivity contribution in [3.05, 3.63) is 47.5 Å². The number of methoxy groups -OCH3 is 2. The summed E-state index contributed by atoms with van der Waals surface area (Å²) >= 11 is 0. The SMILES string of the molecule is COC(=O)c1cc(-c2cccc(C=O)c2OC)ccc1OC(F)(F)F. The lowest BCUT2D eigenvalue weighted by molar-refractivity contribution is -0.274. The van der Waals surface area contributed by atoms with Crippen molar-refractivity contribution in [2.75, 3.05) is 14.2 Å². The van der Waals surface area contributed by atoms with E-state index < -0.39 is 23.6 Å². The van der Waals surface area contributed by atoms with Gasteiger partial charge in [0.15, 0.2) is 6.29 Å². The van der Waals surface area contributed by atoms with Crippen LogP contribution >= 0.6 is 0 Å². The molecule has 2 rings (SSSR count). The van der Waals surface area contributed by atoms with Crippen LogP contribution in [0.25, 0.3) is 11.1 Å². The highest BCUT2D eigenvalue weighted by Gasteiger charge is 2.33. The lowest BCUT2D eigenvalue weighted by atomic mass is 9.99. The summed E-state index contributed by atoms with van der Waals surface area (Å²) in [6, 6.07) is 8.21. The Kier molecular flexibility index (Phi) is 5.31. The van der Waals surface area contributed by atoms with E-state index in [2.05, 4.69) is 9.47 Å². The van der Waals surface area contributed by atoms with Gasteiger partial charge in [0.25, 0.3) is 0 Å². The minimum absolute atomic E-state index is 0.234. The zero-order chi connectivity index (χ0) is 18.6. The van der Waals surface area contributed by atoms with Crippen LogP contribution in [0.5, 0.6) is 11.5 Å². The number of benzene rings is 2. The molecule has 0 amide bonds. The number of halogens is 3. The number of alkyl halides is 3. The Morgan fingerprint density at radius 2 is 1.84 bits per heavy atom. The van der Waals surface area contributed by atoms with Crippen molar-refractivity contribution in [3.8, 4) is 22.6 Å². The summed E-state index contributed by atoms with van der Waals surface area (Å²) in [5.41, 5.74) is 0.636. The fourth-order valence-corrected chi connectivity index (χ4v) is 2.28. The lowest BCUT2D eigenvalue weighted by Gasteiger charge is -2.15. The molecular formula is C17H13F3O5. The molecule has 0 atom stereocenters. The average molecular weight is 354 g/mol. The van der Waals surface area contributed by atoms with E-state index in [0.717, 1.165) is 13.2 Å². The van der Waals surface area contributed by atoms with E-state index in [4.69, 9.17) is 4.74 Å². The van der Waals surface area contributed by atoms with E-state index in [0.29, 0.717) is 17.4 Å². The molecule has 0 bridgehead atoms. The molecule has 0 aliphatic heterocycles. The maximum Gasteiger partial charge on any atom is 0.573 e. The third-order valence-corrected chi connectivity index (χ3v) is 3.30. The van der Waals surface area contributed by atoms with Crippen molar-refractivity contribution in [1.82, 2.24) is 0 Å². The molecule has 0 radical (unpaired) electrons. The van der Waals surface area contributed by atoms with Gasteiger partial charge >= 0.3 is 12.3 Å². The van der Waals surface area contributed by atoms with Gasteiger partial charge in [0.1, 0.15) is 17.1 Å². The summed E-state index contributed by atoms with van der Waals surface area (Å²) in [6.07, 6.45) is -4.37. The quantitative estimate of drug-likeness (QED) is 0.603. The maximum absolute atomic E-state index is 12.5. The van der Waals surface area contributed by atoms with E-state index in [9.17, 15) is 22.8 Å². The van der Waals surface area contributed by atoms with Crippen LogP contribution in [0.2, 0.25) is 0 Å². The van der Waals surface area contributed by atoms with Gasteiger partial charge in [-0.1, -0.05) is 18.2 Å². The highest BCUT2D eigenvalue weighted by Crippen LogP contribution is 2.36. The van der Waals surface area contributed by atoms with Gasteiger partial charge in [-0.05, 0) is 23.8 Å². The Balaban J connectivity index is 2.61. The number of hydrogen-bond donors (Lipinski definition) is 0. The first-order valence-electron chi connectivity index (χ1n) is 6.91. The average Bonchev–Trinajstić information content (AvgIpc) is 2.59. The van der Waals surface area contributed by atoms with Crippen LogP contribution in [-0.2, 0) is 4.74 Å². The molecule has 0 unspecified atom stereocenters. The van der Waals surface area contributed by atoms with Crippen molar-refractivity contribution in [2.45, 2.75) is 6.36 Å². The predicted molar refractivity (Wildman–Crippen MR) is 81.8 cm³/mol. The number of para-hydroxylation sites is 1. The molecule has 0 spiro atoms. The van der Waals surface area contributed by atoms with Crippen molar-refractivity contribution in [2.24, 2.45) is 0 Å². The molecule has 5 nitrogen and oxygen atoms in total. The molecular weight excluding hydrogens is 341 g/mol. The summed E-state index contributed by atoms with van der Waals surface area (Å²) in [7, 11) is 2.40. The smallest absolute Gasteiger partial charge is 0.495 e. The van der Waals surface area contributed by atoms with E-state index >= 15 is 0 Å². The molecule has 2 aromatic carbocycles. The van der Waals surface area contributed by atoms with Crippen LogP contribution in [0.3, 0.4) is 0 Å². The Morgan fingerprint density at radius 1 is 1.12 bits per heavy atom. The highest BCUT2D eigenvalue weighted by atomic mass is 19.4. The van der Waals surface area contributed by atoms with Crippen LogP contribution in [0.4, 0.5) is 13.2 Å². The Morgan fingerprint density at radius 3 is 2.40 bits per heavy atom. The number of rotatable bonds is 5. The van der Waals surface area contributed by atoms with E-state index in [1.807, 2.05) is 0 Å². The Bertz CT molecular complexity index is 799. The summed E-state index contributed by atoms with van der Waals surface area (Å²) < 4.78 is 51.1. The summed E-state index contributed by atoms with van der Waals surface area (Å²) in [4.78, 5) is 22.9. The summed E-state index contributed by atoms with van der Waals surface area (Å²) in [5, 5.41) is 0. The number of esters is 1. The molecule has 0 aromatic heterocycles. The van der Waals surface area contributed by atoms with Crippen molar-refractivity contribution in [3.63, 3.8) is 0 Å². The van der Waals surface area contributed by atoms with Crippen LogP contribution in [0.1, 0.15) is 20.7 Å². The molecule has 0 saturated heterocycles. The standard InChI is InChI=1S/C17H13F3O5/c1-23-15-11(9-21)4-3-5-12(15)10-6-7-14(25-17(18,19)20)13(8-10)16(22)24-2/h3-9H,1-2H3. The first-order valence-corrected chi connectivity index (χ1v) is 6.91. The normalized spacial score (nSPS) is 10.9. The number of aldehydes is 1. The zero-order valence-corrected chi connectivity index (χ0v) is 13.2. The minimum atomic E-state index is -4.96. The Hall–Kier alpha value is -3.03. The van der Waals surface area contributed by atoms with Crippen LogP contribution in [0.15, 0.2) is 36.4 Å². The van der Waals surface area contributed by atoms with Crippen molar-refractivity contribution >= 4 is 12.3 Å². The third kappa shape index (κ3) is 4.09. The summed E-state index contributed by atoms with van der Waals surface area (Å²) in [5.74, 6) is -1.45. The second-order valence-electron chi connectivity index (χ2n) is 4.80. The summed E-state index contributed by atoms with van der Waals surface area (Å²) in [6.45, 7) is 0. The fraction of sp³-hybridized carbons (Fsp3) is 0.176. The van der Waals surface area contributed by atoms with Gasteiger partial charge in [0.2, 0.25) is 0 Å². The molecule has 0 aliphatic rings. The zero-order valence-electron chi connectivity index (χ0n) is 13.2. The number of ether oxygens (including phenoxy) is 3. The van der Waals surface area contributed by atoms with Crippen molar-refractivity contribution < 1.29 is 37.0 Å². The van der Waals surface area contributed by atoms with E-state index in [1.54, 1.807) is 12.1 Å². The molecule has 8 heteroatoms. The van der Waals surface area contributed by atoms with Gasteiger partial charge in [-0.3, -0.25) is 4.79 Å². The number of carbonyl (C=O) groups excluding carboxylic acids is 2. The van der Waals surface area contributed by atoms with Crippen LogP contribution in [0, 0.1) is 0 Å². The second-order valence-corrected chi connectivity index (χ2v) is 4.80. The minimum Gasteiger partial charge on any atom is -0.495 e. The highest BCUT2D eigenvalue weighted by molar-refractivity contribution is 5.95. The molecule has 2 aromatic rings. The van der Waals surface area contributed by atoms with Gasteiger partial charge in [-0.15, -0.1) is 13.2 Å². The predicted octanol–water partition coefficient (Wildman–Crippen LogP) is 3.86. The largest absolute Gasteiger partial charge is 0.573 e. The van der Waals surface area contributed by atoms with Gasteiger partial charge in [0, 0.05) is 5.56 Å². The number of hydrogen-bond acceptors (Lipinski definition) is 5. The lowest BCUT2D eigenvalue weighted by Crippen LogP contribution is -2.19. The third-order valence-electron chi connectivity index (χ3n) is 3.30. The van der Waals surface area contributed by atoms with Gasteiger partial charge in [-0.25, -0.2) is 4.79 Å². The molecule has 0 saturated carbocycles. The fourth-order valence-electron chi connectivity index (χ4n) is 2.28. The molecule has 25 heavy (non-hydrogen) atoms.